The Hall–Kier alpha value is -1.63. The van der Waals surface area contributed by atoms with E-state index in [0.29, 0.717) is 45.7 Å². The van der Waals surface area contributed by atoms with Gasteiger partial charge < -0.3 is 20.7 Å². The number of benzene rings is 1. The van der Waals surface area contributed by atoms with E-state index in [1.54, 1.807) is 0 Å². The summed E-state index contributed by atoms with van der Waals surface area (Å²) in [6, 6.07) is 7.51. The Kier molecular flexibility index (Phi) is 10.9. The van der Waals surface area contributed by atoms with Crippen molar-refractivity contribution in [2.24, 2.45) is 5.73 Å². The van der Waals surface area contributed by atoms with Gasteiger partial charge in [-0.25, -0.2) is 0 Å². The molecule has 0 spiro atoms. The van der Waals surface area contributed by atoms with E-state index in [2.05, 4.69) is 5.32 Å². The number of halogens is 1. The third-order valence-electron chi connectivity index (χ3n) is 4.31. The van der Waals surface area contributed by atoms with E-state index in [1.807, 2.05) is 29.2 Å². The highest BCUT2D eigenvalue weighted by Crippen LogP contribution is 2.13. The molecule has 6 nitrogen and oxygen atoms in total. The third-order valence-corrected chi connectivity index (χ3v) is 4.31. The smallest absolute Gasteiger partial charge is 0.227 e. The summed E-state index contributed by atoms with van der Waals surface area (Å²) in [7, 11) is 0. The van der Waals surface area contributed by atoms with Crippen LogP contribution < -0.4 is 11.1 Å². The van der Waals surface area contributed by atoms with E-state index < -0.39 is 0 Å². The molecule has 1 aromatic rings. The molecule has 1 heterocycles. The number of nitrogens with zero attached hydrogens (tertiary/aromatic N) is 1. The molecule has 0 atom stereocenters. The zero-order valence-electron chi connectivity index (χ0n) is 15.2. The first kappa shape index (κ1) is 22.4. The number of amides is 2. The van der Waals surface area contributed by atoms with Crippen LogP contribution in [-0.2, 0) is 20.7 Å². The molecule has 1 aliphatic heterocycles. The van der Waals surface area contributed by atoms with Gasteiger partial charge in [-0.1, -0.05) is 25.0 Å². The highest BCUT2D eigenvalue weighted by molar-refractivity contribution is 5.90. The number of unbranched alkanes of at least 4 members (excludes halogenated alkanes) is 3. The summed E-state index contributed by atoms with van der Waals surface area (Å²) in [6.07, 6.45) is 4.93. The van der Waals surface area contributed by atoms with Crippen molar-refractivity contribution in [2.75, 3.05) is 38.2 Å². The molecular weight excluding hydrogens is 354 g/mol. The van der Waals surface area contributed by atoms with Crippen molar-refractivity contribution in [3.05, 3.63) is 29.8 Å². The Balaban J connectivity index is 0.00000338. The Morgan fingerprint density at radius 2 is 1.69 bits per heavy atom. The molecule has 1 fully saturated rings. The number of morpholine rings is 1. The predicted octanol–water partition coefficient (Wildman–Crippen LogP) is 2.36. The van der Waals surface area contributed by atoms with E-state index in [1.165, 1.54) is 0 Å². The van der Waals surface area contributed by atoms with Crippen molar-refractivity contribution in [1.29, 1.82) is 0 Å². The Labute approximate surface area is 161 Å². The number of rotatable bonds is 9. The monoisotopic (exact) mass is 383 g/mol. The fourth-order valence-corrected chi connectivity index (χ4v) is 2.81. The maximum atomic E-state index is 12.2. The molecule has 146 valence electrons. The quantitative estimate of drug-likeness (QED) is 0.641. The summed E-state index contributed by atoms with van der Waals surface area (Å²) in [5.74, 6) is 0.155. The first-order valence-electron chi connectivity index (χ1n) is 9.13. The summed E-state index contributed by atoms with van der Waals surface area (Å²) >= 11 is 0. The summed E-state index contributed by atoms with van der Waals surface area (Å²) in [5, 5.41) is 2.90. The van der Waals surface area contributed by atoms with Crippen molar-refractivity contribution in [2.45, 2.75) is 38.5 Å². The van der Waals surface area contributed by atoms with Crippen molar-refractivity contribution in [1.82, 2.24) is 4.90 Å². The van der Waals surface area contributed by atoms with Crippen LogP contribution in [0.3, 0.4) is 0 Å². The second kappa shape index (κ2) is 12.7. The van der Waals surface area contributed by atoms with Crippen LogP contribution >= 0.6 is 12.4 Å². The molecular formula is C19H30ClN3O3. The van der Waals surface area contributed by atoms with Gasteiger partial charge in [0.15, 0.2) is 0 Å². The number of carbonyl (C=O) groups is 2. The van der Waals surface area contributed by atoms with Gasteiger partial charge in [0, 0.05) is 25.2 Å². The molecule has 2 rings (SSSR count). The molecule has 3 N–H and O–H groups in total. The standard InChI is InChI=1S/C19H29N3O3.ClH/c20-10-4-2-1-3-5-18(23)21-17-8-6-16(7-9-17)15-19(24)22-11-13-25-14-12-22;/h6-9H,1-5,10-15,20H2,(H,21,23);1H. The lowest BCUT2D eigenvalue weighted by atomic mass is 10.1. The number of hydrogen-bond acceptors (Lipinski definition) is 4. The molecule has 1 aromatic carbocycles. The second-order valence-electron chi connectivity index (χ2n) is 6.37. The molecule has 1 saturated heterocycles. The number of ether oxygens (including phenoxy) is 1. The van der Waals surface area contributed by atoms with Crippen molar-refractivity contribution >= 4 is 29.9 Å². The van der Waals surface area contributed by atoms with Gasteiger partial charge in [0.25, 0.3) is 0 Å². The van der Waals surface area contributed by atoms with Crippen LogP contribution in [0.2, 0.25) is 0 Å². The zero-order valence-corrected chi connectivity index (χ0v) is 16.1. The molecule has 0 aliphatic carbocycles. The fourth-order valence-electron chi connectivity index (χ4n) is 2.81. The van der Waals surface area contributed by atoms with Gasteiger partial charge in [0.1, 0.15) is 0 Å². The first-order chi connectivity index (χ1) is 12.2. The van der Waals surface area contributed by atoms with Crippen LogP contribution in [0.5, 0.6) is 0 Å². The van der Waals surface area contributed by atoms with Crippen molar-refractivity contribution in [3.8, 4) is 0 Å². The molecule has 7 heteroatoms. The summed E-state index contributed by atoms with van der Waals surface area (Å²) < 4.78 is 5.26. The first-order valence-corrected chi connectivity index (χ1v) is 9.13. The van der Waals surface area contributed by atoms with Crippen molar-refractivity contribution < 1.29 is 14.3 Å². The van der Waals surface area contributed by atoms with Crippen LogP contribution in [0.1, 0.15) is 37.7 Å². The average Bonchev–Trinajstić information content (AvgIpc) is 2.64. The molecule has 0 bridgehead atoms. The highest BCUT2D eigenvalue weighted by atomic mass is 35.5. The van der Waals surface area contributed by atoms with E-state index >= 15 is 0 Å². The molecule has 26 heavy (non-hydrogen) atoms. The normalized spacial score (nSPS) is 13.8. The predicted molar refractivity (Wildman–Crippen MR) is 106 cm³/mol. The van der Waals surface area contributed by atoms with Crippen molar-refractivity contribution in [3.63, 3.8) is 0 Å². The minimum Gasteiger partial charge on any atom is -0.378 e. The van der Waals surface area contributed by atoms with Crippen LogP contribution in [0.15, 0.2) is 24.3 Å². The second-order valence-corrected chi connectivity index (χ2v) is 6.37. The van der Waals surface area contributed by atoms with Crippen LogP contribution in [0, 0.1) is 0 Å². The average molecular weight is 384 g/mol. The largest absolute Gasteiger partial charge is 0.378 e. The van der Waals surface area contributed by atoms with Crippen LogP contribution in [0.25, 0.3) is 0 Å². The van der Waals surface area contributed by atoms with Crippen LogP contribution in [0.4, 0.5) is 5.69 Å². The van der Waals surface area contributed by atoms with Gasteiger partial charge >= 0.3 is 0 Å². The van der Waals surface area contributed by atoms with E-state index in [0.717, 1.165) is 36.9 Å². The maximum absolute atomic E-state index is 12.2. The topological polar surface area (TPSA) is 84.7 Å². The molecule has 2 amide bonds. The van der Waals surface area contributed by atoms with E-state index in [4.69, 9.17) is 10.5 Å². The lowest BCUT2D eigenvalue weighted by molar-refractivity contribution is -0.134. The number of nitrogens with two attached hydrogens (primary N) is 1. The number of nitrogens with one attached hydrogen (secondary N) is 1. The van der Waals surface area contributed by atoms with Gasteiger partial charge in [-0.05, 0) is 37.1 Å². The molecule has 1 aliphatic rings. The number of carbonyl (C=O) groups excluding carboxylic acids is 2. The molecule has 0 radical (unpaired) electrons. The van der Waals surface area contributed by atoms with E-state index in [-0.39, 0.29) is 24.2 Å². The lowest BCUT2D eigenvalue weighted by Crippen LogP contribution is -2.41. The third kappa shape index (κ3) is 8.17. The Morgan fingerprint density at radius 1 is 1.04 bits per heavy atom. The number of anilines is 1. The molecule has 0 aromatic heterocycles. The maximum Gasteiger partial charge on any atom is 0.227 e. The highest BCUT2D eigenvalue weighted by Gasteiger charge is 2.16. The van der Waals surface area contributed by atoms with Gasteiger partial charge in [0.05, 0.1) is 19.6 Å². The SMILES string of the molecule is Cl.NCCCCCCC(=O)Nc1ccc(CC(=O)N2CCOCC2)cc1. The summed E-state index contributed by atoms with van der Waals surface area (Å²) in [6.45, 7) is 3.27. The number of hydrogen-bond donors (Lipinski definition) is 2. The lowest BCUT2D eigenvalue weighted by Gasteiger charge is -2.26. The minimum atomic E-state index is 0. The van der Waals surface area contributed by atoms with Crippen LogP contribution in [-0.4, -0.2) is 49.6 Å². The zero-order chi connectivity index (χ0) is 17.9. The minimum absolute atomic E-state index is 0. The Morgan fingerprint density at radius 3 is 2.35 bits per heavy atom. The van der Waals surface area contributed by atoms with Gasteiger partial charge in [-0.3, -0.25) is 9.59 Å². The summed E-state index contributed by atoms with van der Waals surface area (Å²) in [4.78, 5) is 26.0. The Bertz CT molecular complexity index is 545. The summed E-state index contributed by atoms with van der Waals surface area (Å²) in [5.41, 5.74) is 7.18. The van der Waals surface area contributed by atoms with Gasteiger partial charge in [-0.2, -0.15) is 0 Å². The molecule has 0 unspecified atom stereocenters. The van der Waals surface area contributed by atoms with E-state index in [9.17, 15) is 9.59 Å². The van der Waals surface area contributed by atoms with Gasteiger partial charge in [-0.15, -0.1) is 12.4 Å². The molecule has 0 saturated carbocycles. The fraction of sp³-hybridized carbons (Fsp3) is 0.579. The van der Waals surface area contributed by atoms with Gasteiger partial charge in [0.2, 0.25) is 11.8 Å².